The van der Waals surface area contributed by atoms with Crippen molar-refractivity contribution in [2.75, 3.05) is 27.3 Å². The molecule has 14 heteroatoms. The van der Waals surface area contributed by atoms with Crippen molar-refractivity contribution >= 4 is 23.8 Å². The Hall–Kier alpha value is -5.08. The summed E-state index contributed by atoms with van der Waals surface area (Å²) in [6.45, 7) is 9.09. The number of H-pyrrole nitrogens is 1. The van der Waals surface area contributed by atoms with E-state index in [-0.39, 0.29) is 36.0 Å². The van der Waals surface area contributed by atoms with Gasteiger partial charge in [-0.25, -0.2) is 14.6 Å². The normalized spacial score (nSPS) is 21.6. The first-order chi connectivity index (χ1) is 26.0. The number of methoxy groups -OCH3 is 2. The maximum atomic E-state index is 13.5. The van der Waals surface area contributed by atoms with Gasteiger partial charge in [0.25, 0.3) is 0 Å². The van der Waals surface area contributed by atoms with Gasteiger partial charge in [-0.15, -0.1) is 0 Å². The van der Waals surface area contributed by atoms with Crippen LogP contribution in [0.1, 0.15) is 70.8 Å². The smallest absolute Gasteiger partial charge is 0.407 e. The molecule has 2 saturated heterocycles. The van der Waals surface area contributed by atoms with Crippen LogP contribution in [0.3, 0.4) is 0 Å². The number of aliphatic hydroxyl groups excluding tert-OH is 1. The van der Waals surface area contributed by atoms with E-state index in [4.69, 9.17) is 9.47 Å². The Balaban J connectivity index is 1.07. The molecule has 2 fully saturated rings. The summed E-state index contributed by atoms with van der Waals surface area (Å²) in [5.74, 6) is 0.512. The van der Waals surface area contributed by atoms with Crippen LogP contribution < -0.4 is 21.3 Å². The molecular formula is C40H54N8O6. The first-order valence-electron chi connectivity index (χ1n) is 18.9. The number of nitrogens with one attached hydrogen (secondary N) is 5. The van der Waals surface area contributed by atoms with E-state index in [1.807, 2.05) is 45.0 Å². The molecule has 1 aromatic heterocycles. The topological polar surface area (TPSA) is 173 Å². The number of aromatic amines is 1. The standard InChI is InChI=1S/C40H54N8O6/c1-23(2)33(45-39(51)53-5)37(49)47-19-7-9-31(47)35-41-21-29(43-35)27-15-11-25(12-16-27)26-13-17-28(18-14-26)30-22-42-36(44-30)32-10-8-20-48(32)38(50)34(24(3)4)46-40(52)54-6/h11-18,21-24,31-35,37,41,43,49H,7-10,19-20H2,1-6H3,(H,42,44)(H,45,51)(H,46,52)/t31-,32-,33-,34?,35?,37?/m0/s1. The van der Waals surface area contributed by atoms with Crippen molar-refractivity contribution in [1.29, 1.82) is 0 Å². The maximum Gasteiger partial charge on any atom is 0.407 e. The predicted octanol–water partition coefficient (Wildman–Crippen LogP) is 4.77. The van der Waals surface area contributed by atoms with Crippen LogP contribution in [0.5, 0.6) is 0 Å². The second kappa shape index (κ2) is 16.9. The predicted molar refractivity (Wildman–Crippen MR) is 205 cm³/mol. The van der Waals surface area contributed by atoms with Crippen molar-refractivity contribution in [2.24, 2.45) is 11.8 Å². The molecule has 0 spiro atoms. The van der Waals surface area contributed by atoms with Crippen LogP contribution in [0.2, 0.25) is 0 Å². The Morgan fingerprint density at radius 3 is 2.07 bits per heavy atom. The Bertz CT molecular complexity index is 1790. The molecule has 3 aliphatic heterocycles. The number of aromatic nitrogens is 2. The van der Waals surface area contributed by atoms with Crippen molar-refractivity contribution in [3.05, 3.63) is 72.3 Å². The van der Waals surface area contributed by atoms with Gasteiger partial charge in [0.05, 0.1) is 49.9 Å². The molecule has 0 aliphatic carbocycles. The summed E-state index contributed by atoms with van der Waals surface area (Å²) in [6, 6.07) is 15.4. The van der Waals surface area contributed by atoms with Gasteiger partial charge in [-0.3, -0.25) is 9.69 Å². The van der Waals surface area contributed by atoms with Crippen LogP contribution in [0, 0.1) is 11.8 Å². The number of hydrogen-bond acceptors (Lipinski definition) is 10. The molecule has 6 atom stereocenters. The van der Waals surface area contributed by atoms with Gasteiger partial charge >= 0.3 is 12.2 Å². The minimum Gasteiger partial charge on any atom is -0.453 e. The fourth-order valence-corrected chi connectivity index (χ4v) is 7.82. The van der Waals surface area contributed by atoms with Crippen molar-refractivity contribution in [3.8, 4) is 22.4 Å². The highest BCUT2D eigenvalue weighted by atomic mass is 16.5. The highest BCUT2D eigenvalue weighted by molar-refractivity contribution is 5.86. The number of hydrogen-bond donors (Lipinski definition) is 6. The zero-order chi connectivity index (χ0) is 38.5. The molecule has 3 unspecified atom stereocenters. The lowest BCUT2D eigenvalue weighted by molar-refractivity contribution is -0.135. The summed E-state index contributed by atoms with van der Waals surface area (Å²) < 4.78 is 9.56. The molecule has 54 heavy (non-hydrogen) atoms. The lowest BCUT2D eigenvalue weighted by Crippen LogP contribution is -2.59. The minimum atomic E-state index is -0.848. The molecule has 6 rings (SSSR count). The Morgan fingerprint density at radius 2 is 1.44 bits per heavy atom. The van der Waals surface area contributed by atoms with E-state index in [9.17, 15) is 19.5 Å². The molecular weight excluding hydrogens is 688 g/mol. The van der Waals surface area contributed by atoms with E-state index in [1.54, 1.807) is 0 Å². The minimum absolute atomic E-state index is 0.0149. The molecule has 14 nitrogen and oxygen atoms in total. The molecule has 0 saturated carbocycles. The molecule has 6 N–H and O–H groups in total. The number of nitrogens with zero attached hydrogens (tertiary/aromatic N) is 3. The van der Waals surface area contributed by atoms with Gasteiger partial charge in [0.15, 0.2) is 0 Å². The van der Waals surface area contributed by atoms with E-state index >= 15 is 0 Å². The zero-order valence-corrected chi connectivity index (χ0v) is 32.0. The van der Waals surface area contributed by atoms with Crippen molar-refractivity contribution < 1.29 is 29.0 Å². The average Bonchev–Trinajstić information content (AvgIpc) is 4.02. The van der Waals surface area contributed by atoms with E-state index in [0.717, 1.165) is 71.7 Å². The zero-order valence-electron chi connectivity index (χ0n) is 32.0. The monoisotopic (exact) mass is 742 g/mol. The second-order valence-corrected chi connectivity index (χ2v) is 15.0. The number of ether oxygens (including phenoxy) is 2. The van der Waals surface area contributed by atoms with Gasteiger partial charge in [0.2, 0.25) is 5.91 Å². The number of alkyl carbamates (subject to hydrolysis) is 2. The Kier molecular flexibility index (Phi) is 12.1. The summed E-state index contributed by atoms with van der Waals surface area (Å²) in [5, 5.41) is 24.0. The van der Waals surface area contributed by atoms with Crippen LogP contribution in [-0.4, -0.2) is 101 Å². The molecule has 3 aliphatic rings. The van der Waals surface area contributed by atoms with Crippen LogP contribution >= 0.6 is 0 Å². The number of aliphatic hydroxyl groups is 1. The quantitative estimate of drug-likeness (QED) is 0.152. The molecule has 0 bridgehead atoms. The highest BCUT2D eigenvalue weighted by Gasteiger charge is 2.41. The van der Waals surface area contributed by atoms with Gasteiger partial charge in [-0.2, -0.15) is 0 Å². The third-order valence-electron chi connectivity index (χ3n) is 10.9. The average molecular weight is 743 g/mol. The third kappa shape index (κ3) is 8.34. The van der Waals surface area contributed by atoms with Crippen LogP contribution in [0.25, 0.3) is 28.1 Å². The van der Waals surface area contributed by atoms with Crippen molar-refractivity contribution in [2.45, 2.75) is 89.9 Å². The number of carbonyl (C=O) groups excluding carboxylic acids is 3. The molecule has 4 heterocycles. The lowest BCUT2D eigenvalue weighted by atomic mass is 10.0. The molecule has 290 valence electrons. The summed E-state index contributed by atoms with van der Waals surface area (Å²) in [6.07, 6.45) is 5.20. The van der Waals surface area contributed by atoms with Gasteiger partial charge in [-0.1, -0.05) is 76.2 Å². The summed E-state index contributed by atoms with van der Waals surface area (Å²) in [5.41, 5.74) is 6.05. The largest absolute Gasteiger partial charge is 0.453 e. The maximum absolute atomic E-state index is 13.5. The number of likely N-dealkylation sites (tertiary alicyclic amines) is 2. The lowest BCUT2D eigenvalue weighted by Gasteiger charge is -2.38. The molecule has 3 aromatic rings. The Labute approximate surface area is 317 Å². The third-order valence-corrected chi connectivity index (χ3v) is 10.9. The molecule has 2 aromatic carbocycles. The van der Waals surface area contributed by atoms with Crippen LogP contribution in [-0.2, 0) is 14.3 Å². The van der Waals surface area contributed by atoms with Crippen molar-refractivity contribution in [1.82, 2.24) is 41.0 Å². The molecule has 0 radical (unpaired) electrons. The Morgan fingerprint density at radius 1 is 0.833 bits per heavy atom. The number of benzene rings is 2. The van der Waals surface area contributed by atoms with Gasteiger partial charge < -0.3 is 45.7 Å². The number of imidazole rings is 1. The van der Waals surface area contributed by atoms with Crippen LogP contribution in [0.15, 0.2) is 60.9 Å². The van der Waals surface area contributed by atoms with Gasteiger partial charge in [0, 0.05) is 19.3 Å². The second-order valence-electron chi connectivity index (χ2n) is 15.0. The van der Waals surface area contributed by atoms with E-state index < -0.39 is 30.5 Å². The summed E-state index contributed by atoms with van der Waals surface area (Å²) in [7, 11) is 2.62. The van der Waals surface area contributed by atoms with E-state index in [0.29, 0.717) is 6.54 Å². The molecule has 3 amide bonds. The highest BCUT2D eigenvalue weighted by Crippen LogP contribution is 2.34. The number of carbonyl (C=O) groups is 3. The summed E-state index contributed by atoms with van der Waals surface area (Å²) >= 11 is 0. The number of rotatable bonds is 12. The van der Waals surface area contributed by atoms with Gasteiger partial charge in [-0.05, 0) is 59.8 Å². The van der Waals surface area contributed by atoms with E-state index in [1.165, 1.54) is 14.2 Å². The van der Waals surface area contributed by atoms with Crippen molar-refractivity contribution in [3.63, 3.8) is 0 Å². The fraction of sp³-hybridized carbons (Fsp3) is 0.500. The first kappa shape index (κ1) is 38.6. The SMILES string of the molecule is COC(=O)NC(C(=O)N1CCC[C@H]1c1ncc(-c2ccc(-c3ccc(C4=CNC([C@@H]5CCCN5C(O)[C@@H](NC(=O)OC)C(C)C)N4)cc3)cc2)[nH]1)C(C)C. The fourth-order valence-electron chi connectivity index (χ4n) is 7.82. The number of amides is 3. The summed E-state index contributed by atoms with van der Waals surface area (Å²) in [4.78, 5) is 49.4. The van der Waals surface area contributed by atoms with Crippen LogP contribution in [0.4, 0.5) is 9.59 Å². The first-order valence-corrected chi connectivity index (χ1v) is 18.9. The van der Waals surface area contributed by atoms with Gasteiger partial charge in [0.1, 0.15) is 24.3 Å². The van der Waals surface area contributed by atoms with E-state index in [2.05, 4.69) is 84.7 Å².